The molecule has 0 spiro atoms. The highest BCUT2D eigenvalue weighted by Gasteiger charge is 2.35. The Hall–Kier alpha value is -2.81. The molecule has 0 N–H and O–H groups in total. The number of fused-ring (bicyclic) bond motifs is 1. The van der Waals surface area contributed by atoms with Gasteiger partial charge in [-0.1, -0.05) is 54.6 Å². The number of carbonyl (C=O) groups is 3. The minimum Gasteiger partial charge on any atom is -0.288 e. The first-order valence-electron chi connectivity index (χ1n) is 6.18. The zero-order valence-electron chi connectivity index (χ0n) is 10.5. The third-order valence-corrected chi connectivity index (χ3v) is 3.22. The van der Waals surface area contributed by atoms with E-state index in [0.29, 0.717) is 5.56 Å². The molecular formula is C17H10O3. The van der Waals surface area contributed by atoms with Crippen LogP contribution in [0.1, 0.15) is 26.3 Å². The Morgan fingerprint density at radius 1 is 0.600 bits per heavy atom. The summed E-state index contributed by atoms with van der Waals surface area (Å²) in [4.78, 5) is 36.4. The van der Waals surface area contributed by atoms with E-state index in [4.69, 9.17) is 0 Å². The second-order valence-corrected chi connectivity index (χ2v) is 4.50. The maximum Gasteiger partial charge on any atom is 0.237 e. The first-order valence-corrected chi connectivity index (χ1v) is 6.18. The Bertz CT molecular complexity index is 755. The average Bonchev–Trinajstić information content (AvgIpc) is 2.50. The van der Waals surface area contributed by atoms with E-state index < -0.39 is 17.3 Å². The van der Waals surface area contributed by atoms with E-state index in [2.05, 4.69) is 0 Å². The number of hydrogen-bond acceptors (Lipinski definition) is 3. The van der Waals surface area contributed by atoms with E-state index in [0.717, 1.165) is 5.56 Å². The minimum atomic E-state index is -0.738. The van der Waals surface area contributed by atoms with Crippen molar-refractivity contribution in [1.29, 1.82) is 0 Å². The molecule has 2 aromatic carbocycles. The van der Waals surface area contributed by atoms with E-state index in [1.807, 2.05) is 6.07 Å². The van der Waals surface area contributed by atoms with Gasteiger partial charge in [-0.2, -0.15) is 0 Å². The fourth-order valence-corrected chi connectivity index (χ4v) is 2.22. The summed E-state index contributed by atoms with van der Waals surface area (Å²) in [6, 6.07) is 15.4. The van der Waals surface area contributed by atoms with Crippen molar-refractivity contribution in [3.05, 3.63) is 76.9 Å². The lowest BCUT2D eigenvalue weighted by molar-refractivity contribution is -0.111. The Labute approximate surface area is 115 Å². The molecule has 96 valence electrons. The molecule has 20 heavy (non-hydrogen) atoms. The molecule has 3 heteroatoms. The van der Waals surface area contributed by atoms with Gasteiger partial charge in [0.2, 0.25) is 11.6 Å². The molecule has 3 nitrogen and oxygen atoms in total. The molecule has 2 aromatic rings. The first kappa shape index (κ1) is 12.2. The highest BCUT2D eigenvalue weighted by atomic mass is 16.2. The van der Waals surface area contributed by atoms with Crippen molar-refractivity contribution >= 4 is 23.4 Å². The van der Waals surface area contributed by atoms with Gasteiger partial charge in [0.25, 0.3) is 0 Å². The molecule has 0 saturated heterocycles. The van der Waals surface area contributed by atoms with Gasteiger partial charge in [-0.05, 0) is 11.6 Å². The molecule has 0 bridgehead atoms. The molecule has 0 aromatic heterocycles. The summed E-state index contributed by atoms with van der Waals surface area (Å²) < 4.78 is 0. The predicted molar refractivity (Wildman–Crippen MR) is 74.5 cm³/mol. The van der Waals surface area contributed by atoms with Crippen molar-refractivity contribution in [3.63, 3.8) is 0 Å². The second-order valence-electron chi connectivity index (χ2n) is 4.50. The van der Waals surface area contributed by atoms with Gasteiger partial charge in [0.15, 0.2) is 5.78 Å². The zero-order valence-corrected chi connectivity index (χ0v) is 10.5. The number of Topliss-reactive ketones (excluding diaryl/α,β-unsaturated/α-hetero) is 3. The van der Waals surface area contributed by atoms with Crippen molar-refractivity contribution in [3.8, 4) is 0 Å². The fraction of sp³-hybridized carbons (Fsp3) is 0. The van der Waals surface area contributed by atoms with Crippen molar-refractivity contribution < 1.29 is 14.4 Å². The van der Waals surface area contributed by atoms with Crippen LogP contribution >= 0.6 is 0 Å². The Balaban J connectivity index is 2.15. The molecule has 1 aliphatic rings. The van der Waals surface area contributed by atoms with Crippen LogP contribution in [-0.2, 0) is 4.79 Å². The number of allylic oxidation sites excluding steroid dienone is 1. The molecule has 0 unspecified atom stereocenters. The summed E-state index contributed by atoms with van der Waals surface area (Å²) in [6.45, 7) is 0. The summed E-state index contributed by atoms with van der Waals surface area (Å²) in [6.07, 6.45) is 1.47. The van der Waals surface area contributed by atoms with Crippen LogP contribution in [0.2, 0.25) is 0 Å². The zero-order chi connectivity index (χ0) is 14.1. The second kappa shape index (κ2) is 4.70. The summed E-state index contributed by atoms with van der Waals surface area (Å²) in [5.74, 6) is -1.76. The maximum absolute atomic E-state index is 12.3. The van der Waals surface area contributed by atoms with Crippen LogP contribution < -0.4 is 0 Å². The number of ketones is 3. The number of benzene rings is 2. The van der Waals surface area contributed by atoms with E-state index in [1.165, 1.54) is 12.1 Å². The van der Waals surface area contributed by atoms with Gasteiger partial charge in [-0.25, -0.2) is 0 Å². The fourth-order valence-electron chi connectivity index (χ4n) is 2.22. The summed E-state index contributed by atoms with van der Waals surface area (Å²) >= 11 is 0. The van der Waals surface area contributed by atoms with Gasteiger partial charge in [-0.3, -0.25) is 14.4 Å². The molecular weight excluding hydrogens is 252 g/mol. The Kier molecular flexibility index (Phi) is 2.88. The highest BCUT2D eigenvalue weighted by molar-refractivity contribution is 6.60. The molecule has 0 aliphatic heterocycles. The predicted octanol–water partition coefficient (Wildman–Crippen LogP) is 2.72. The summed E-state index contributed by atoms with van der Waals surface area (Å²) in [7, 11) is 0. The van der Waals surface area contributed by atoms with Gasteiger partial charge in [-0.15, -0.1) is 0 Å². The summed E-state index contributed by atoms with van der Waals surface area (Å²) in [5, 5.41) is 0. The number of rotatable bonds is 1. The smallest absolute Gasteiger partial charge is 0.237 e. The third kappa shape index (κ3) is 1.89. The summed E-state index contributed by atoms with van der Waals surface area (Å²) in [5.41, 5.74) is 1.13. The van der Waals surface area contributed by atoms with Crippen LogP contribution in [0.25, 0.3) is 6.08 Å². The van der Waals surface area contributed by atoms with Gasteiger partial charge in [0.05, 0.1) is 5.57 Å². The molecule has 0 fully saturated rings. The highest BCUT2D eigenvalue weighted by Crippen LogP contribution is 2.24. The maximum atomic E-state index is 12.3. The molecule has 3 rings (SSSR count). The normalized spacial score (nSPS) is 16.4. The van der Waals surface area contributed by atoms with Crippen LogP contribution in [-0.4, -0.2) is 17.3 Å². The molecule has 0 saturated carbocycles. The van der Waals surface area contributed by atoms with Crippen molar-refractivity contribution in [2.45, 2.75) is 0 Å². The molecule has 0 heterocycles. The monoisotopic (exact) mass is 262 g/mol. The third-order valence-electron chi connectivity index (χ3n) is 3.22. The average molecular weight is 262 g/mol. The lowest BCUT2D eigenvalue weighted by Crippen LogP contribution is -2.29. The number of carbonyl (C=O) groups excluding carboxylic acids is 3. The van der Waals surface area contributed by atoms with Gasteiger partial charge < -0.3 is 0 Å². The quantitative estimate of drug-likeness (QED) is 0.451. The molecule has 0 radical (unpaired) electrons. The lowest BCUT2D eigenvalue weighted by atomic mass is 9.84. The van der Waals surface area contributed by atoms with Gasteiger partial charge in [0.1, 0.15) is 0 Å². The SMILES string of the molecule is O=C1C(=O)c2ccccc2C(=O)/C1=C\c1ccccc1. The lowest BCUT2D eigenvalue weighted by Gasteiger charge is -2.14. The van der Waals surface area contributed by atoms with Crippen LogP contribution in [0.15, 0.2) is 60.2 Å². The van der Waals surface area contributed by atoms with Crippen molar-refractivity contribution in [2.24, 2.45) is 0 Å². The van der Waals surface area contributed by atoms with Crippen molar-refractivity contribution in [2.75, 3.05) is 0 Å². The van der Waals surface area contributed by atoms with E-state index in [9.17, 15) is 14.4 Å². The Morgan fingerprint density at radius 3 is 1.80 bits per heavy atom. The van der Waals surface area contributed by atoms with E-state index >= 15 is 0 Å². The Morgan fingerprint density at radius 2 is 1.15 bits per heavy atom. The van der Waals surface area contributed by atoms with Crippen LogP contribution in [0.5, 0.6) is 0 Å². The topological polar surface area (TPSA) is 51.2 Å². The van der Waals surface area contributed by atoms with E-state index in [1.54, 1.807) is 42.5 Å². The van der Waals surface area contributed by atoms with Crippen LogP contribution in [0.3, 0.4) is 0 Å². The van der Waals surface area contributed by atoms with Crippen LogP contribution in [0, 0.1) is 0 Å². The van der Waals surface area contributed by atoms with E-state index in [-0.39, 0.29) is 11.1 Å². The van der Waals surface area contributed by atoms with Gasteiger partial charge in [0, 0.05) is 11.1 Å². The largest absolute Gasteiger partial charge is 0.288 e. The first-order chi connectivity index (χ1) is 9.68. The number of hydrogen-bond donors (Lipinski definition) is 0. The van der Waals surface area contributed by atoms with Crippen molar-refractivity contribution in [1.82, 2.24) is 0 Å². The molecule has 0 atom stereocenters. The van der Waals surface area contributed by atoms with Gasteiger partial charge >= 0.3 is 0 Å². The standard InChI is InChI=1S/C17H10O3/c18-15-12-8-4-5-9-13(12)16(19)17(20)14(15)10-11-6-2-1-3-7-11/h1-10H/b14-10+. The van der Waals surface area contributed by atoms with Crippen LogP contribution in [0.4, 0.5) is 0 Å². The molecule has 0 amide bonds. The molecule has 1 aliphatic carbocycles. The minimum absolute atomic E-state index is 0.0695.